The highest BCUT2D eigenvalue weighted by Gasteiger charge is 2.17. The summed E-state index contributed by atoms with van der Waals surface area (Å²) in [6.07, 6.45) is 44.4. The molecule has 2 atom stereocenters. The van der Waals surface area contributed by atoms with Gasteiger partial charge < -0.3 is 15.5 Å². The van der Waals surface area contributed by atoms with Crippen LogP contribution in [0.15, 0.2) is 12.2 Å². The molecular formula is C40H79NO3. The zero-order chi connectivity index (χ0) is 32.2. The van der Waals surface area contributed by atoms with E-state index < -0.39 is 12.1 Å². The first-order valence-corrected chi connectivity index (χ1v) is 19.9. The standard InChI is InChI=1S/C40H79NO3/c1-3-5-7-9-11-13-15-17-19-20-21-22-23-25-27-29-31-33-35-39(43)38(37-42)41-40(44)36-34-32-30-28-26-24-18-16-14-12-10-8-6-4-2/h33,35,38-39,42-43H,3-32,34,36-37H2,1-2H3,(H,41,44)/b35-33+. The van der Waals surface area contributed by atoms with Crippen molar-refractivity contribution in [2.24, 2.45) is 0 Å². The van der Waals surface area contributed by atoms with Gasteiger partial charge in [-0.05, 0) is 19.3 Å². The fourth-order valence-corrected chi connectivity index (χ4v) is 6.18. The van der Waals surface area contributed by atoms with Crippen LogP contribution in [0.1, 0.15) is 219 Å². The van der Waals surface area contributed by atoms with Crippen molar-refractivity contribution in [2.75, 3.05) is 6.61 Å². The monoisotopic (exact) mass is 622 g/mol. The predicted molar refractivity (Wildman–Crippen MR) is 193 cm³/mol. The van der Waals surface area contributed by atoms with Crippen LogP contribution in [0.2, 0.25) is 0 Å². The van der Waals surface area contributed by atoms with Crippen molar-refractivity contribution in [1.29, 1.82) is 0 Å². The van der Waals surface area contributed by atoms with Gasteiger partial charge in [0.2, 0.25) is 5.91 Å². The molecule has 0 fully saturated rings. The Labute approximate surface area is 276 Å². The van der Waals surface area contributed by atoms with Gasteiger partial charge in [-0.25, -0.2) is 0 Å². The van der Waals surface area contributed by atoms with Crippen molar-refractivity contribution in [1.82, 2.24) is 5.32 Å². The van der Waals surface area contributed by atoms with Gasteiger partial charge in [0.05, 0.1) is 18.8 Å². The van der Waals surface area contributed by atoms with Gasteiger partial charge in [-0.15, -0.1) is 0 Å². The van der Waals surface area contributed by atoms with Crippen LogP contribution < -0.4 is 5.32 Å². The van der Waals surface area contributed by atoms with Gasteiger partial charge in [-0.2, -0.15) is 0 Å². The molecule has 4 nitrogen and oxygen atoms in total. The summed E-state index contributed by atoms with van der Waals surface area (Å²) in [6, 6.07) is -0.615. The maximum absolute atomic E-state index is 12.3. The molecule has 3 N–H and O–H groups in total. The lowest BCUT2D eigenvalue weighted by molar-refractivity contribution is -0.123. The van der Waals surface area contributed by atoms with Crippen LogP contribution >= 0.6 is 0 Å². The average molecular weight is 622 g/mol. The number of rotatable bonds is 36. The maximum atomic E-state index is 12.3. The third kappa shape index (κ3) is 32.5. The second-order valence-electron chi connectivity index (χ2n) is 13.7. The Morgan fingerprint density at radius 3 is 1.18 bits per heavy atom. The molecule has 0 aliphatic rings. The van der Waals surface area contributed by atoms with E-state index in [9.17, 15) is 15.0 Å². The largest absolute Gasteiger partial charge is 0.394 e. The van der Waals surface area contributed by atoms with Gasteiger partial charge in [-0.3, -0.25) is 4.79 Å². The van der Waals surface area contributed by atoms with Crippen molar-refractivity contribution in [3.05, 3.63) is 12.2 Å². The highest BCUT2D eigenvalue weighted by Crippen LogP contribution is 2.15. The summed E-state index contributed by atoms with van der Waals surface area (Å²) in [5.74, 6) is -0.0618. The zero-order valence-electron chi connectivity index (χ0n) is 29.9. The van der Waals surface area contributed by atoms with Gasteiger partial charge in [0.25, 0.3) is 0 Å². The lowest BCUT2D eigenvalue weighted by Crippen LogP contribution is -2.45. The van der Waals surface area contributed by atoms with E-state index >= 15 is 0 Å². The summed E-state index contributed by atoms with van der Waals surface area (Å²) in [6.45, 7) is 4.31. The smallest absolute Gasteiger partial charge is 0.220 e. The number of aliphatic hydroxyl groups is 2. The minimum atomic E-state index is -0.832. The number of amides is 1. The summed E-state index contributed by atoms with van der Waals surface area (Å²) in [5.41, 5.74) is 0. The second-order valence-corrected chi connectivity index (χ2v) is 13.7. The van der Waals surface area contributed by atoms with Crippen LogP contribution in [-0.2, 0) is 4.79 Å². The molecule has 0 aromatic heterocycles. The van der Waals surface area contributed by atoms with Gasteiger partial charge >= 0.3 is 0 Å². The number of carbonyl (C=O) groups is 1. The molecule has 0 rings (SSSR count). The van der Waals surface area contributed by atoms with Crippen LogP contribution in [0.3, 0.4) is 0 Å². The third-order valence-electron chi connectivity index (χ3n) is 9.27. The van der Waals surface area contributed by atoms with Crippen molar-refractivity contribution in [3.63, 3.8) is 0 Å². The first-order valence-electron chi connectivity index (χ1n) is 19.9. The number of nitrogens with one attached hydrogen (secondary N) is 1. The van der Waals surface area contributed by atoms with Crippen molar-refractivity contribution < 1.29 is 15.0 Å². The van der Waals surface area contributed by atoms with E-state index in [2.05, 4.69) is 19.2 Å². The molecule has 0 aliphatic heterocycles. The van der Waals surface area contributed by atoms with Crippen LogP contribution in [0.5, 0.6) is 0 Å². The fourth-order valence-electron chi connectivity index (χ4n) is 6.18. The van der Waals surface area contributed by atoms with E-state index in [0.717, 1.165) is 25.7 Å². The Morgan fingerprint density at radius 1 is 0.523 bits per heavy atom. The molecule has 0 heterocycles. The third-order valence-corrected chi connectivity index (χ3v) is 9.27. The highest BCUT2D eigenvalue weighted by molar-refractivity contribution is 5.76. The van der Waals surface area contributed by atoms with Crippen molar-refractivity contribution in [2.45, 2.75) is 231 Å². The molecule has 0 aromatic rings. The minimum absolute atomic E-state index is 0.0618. The summed E-state index contributed by atoms with van der Waals surface area (Å²) >= 11 is 0. The molecule has 1 amide bonds. The average Bonchev–Trinajstić information content (AvgIpc) is 3.03. The van der Waals surface area contributed by atoms with Crippen molar-refractivity contribution in [3.8, 4) is 0 Å². The molecule has 0 aromatic carbocycles. The highest BCUT2D eigenvalue weighted by atomic mass is 16.3. The Hall–Kier alpha value is -0.870. The van der Waals surface area contributed by atoms with Gasteiger partial charge in [0, 0.05) is 6.42 Å². The Bertz CT molecular complexity index is 593. The van der Waals surface area contributed by atoms with Gasteiger partial charge in [0.1, 0.15) is 0 Å². The SMILES string of the molecule is CCCCCCCCCCCCCCCCCC/C=C/C(O)C(CO)NC(=O)CCCCCCCCCCCCCCCC. The van der Waals surface area contributed by atoms with E-state index in [1.807, 2.05) is 6.08 Å². The normalized spacial score (nSPS) is 13.1. The van der Waals surface area contributed by atoms with E-state index in [1.54, 1.807) is 6.08 Å². The molecule has 2 unspecified atom stereocenters. The second kappa shape index (κ2) is 36.6. The molecule has 0 saturated carbocycles. The molecule has 262 valence electrons. The van der Waals surface area contributed by atoms with E-state index in [1.165, 1.54) is 173 Å². The molecule has 0 aliphatic carbocycles. The van der Waals surface area contributed by atoms with Crippen LogP contribution in [0, 0.1) is 0 Å². The van der Waals surface area contributed by atoms with E-state index in [-0.39, 0.29) is 12.5 Å². The van der Waals surface area contributed by atoms with Crippen LogP contribution in [-0.4, -0.2) is 34.9 Å². The first kappa shape index (κ1) is 43.1. The summed E-state index contributed by atoms with van der Waals surface area (Å²) in [4.78, 5) is 12.3. The Kier molecular flexibility index (Phi) is 35.9. The lowest BCUT2D eigenvalue weighted by Gasteiger charge is -2.20. The predicted octanol–water partition coefficient (Wildman–Crippen LogP) is 11.9. The number of allylic oxidation sites excluding steroid dienone is 1. The molecule has 0 radical (unpaired) electrons. The number of unbranched alkanes of at least 4 members (excludes halogenated alkanes) is 29. The number of hydrogen-bond acceptors (Lipinski definition) is 3. The maximum Gasteiger partial charge on any atom is 0.220 e. The van der Waals surface area contributed by atoms with Gasteiger partial charge in [-0.1, -0.05) is 206 Å². The Balaban J connectivity index is 3.56. The number of carbonyl (C=O) groups excluding carboxylic acids is 1. The van der Waals surface area contributed by atoms with Crippen LogP contribution in [0.4, 0.5) is 0 Å². The van der Waals surface area contributed by atoms with E-state index in [0.29, 0.717) is 6.42 Å². The molecule has 0 saturated heterocycles. The van der Waals surface area contributed by atoms with E-state index in [4.69, 9.17) is 0 Å². The topological polar surface area (TPSA) is 69.6 Å². The van der Waals surface area contributed by atoms with Crippen molar-refractivity contribution >= 4 is 5.91 Å². The first-order chi connectivity index (χ1) is 21.7. The summed E-state index contributed by atoms with van der Waals surface area (Å²) in [7, 11) is 0. The number of aliphatic hydroxyl groups excluding tert-OH is 2. The molecule has 0 spiro atoms. The quantitative estimate of drug-likeness (QED) is 0.0481. The lowest BCUT2D eigenvalue weighted by atomic mass is 10.0. The fraction of sp³-hybridized carbons (Fsp3) is 0.925. The molecule has 0 bridgehead atoms. The Morgan fingerprint density at radius 2 is 0.841 bits per heavy atom. The minimum Gasteiger partial charge on any atom is -0.394 e. The molecular weight excluding hydrogens is 542 g/mol. The summed E-state index contributed by atoms with van der Waals surface area (Å²) in [5, 5.41) is 22.9. The molecule has 44 heavy (non-hydrogen) atoms. The zero-order valence-corrected chi connectivity index (χ0v) is 29.9. The van der Waals surface area contributed by atoms with Gasteiger partial charge in [0.15, 0.2) is 0 Å². The van der Waals surface area contributed by atoms with Crippen LogP contribution in [0.25, 0.3) is 0 Å². The molecule has 4 heteroatoms. The number of hydrogen-bond donors (Lipinski definition) is 3. The summed E-state index contributed by atoms with van der Waals surface area (Å²) < 4.78 is 0.